The SMILES string of the molecule is C=CCS(=O)(=O)Nc1ccc(OCC(=O)O)cc1. The maximum absolute atomic E-state index is 11.4. The summed E-state index contributed by atoms with van der Waals surface area (Å²) in [5.41, 5.74) is 0.375. The van der Waals surface area contributed by atoms with Gasteiger partial charge < -0.3 is 9.84 Å². The summed E-state index contributed by atoms with van der Waals surface area (Å²) in [5.74, 6) is -0.903. The van der Waals surface area contributed by atoms with Crippen LogP contribution in [0.15, 0.2) is 36.9 Å². The molecule has 0 unspecified atom stereocenters. The highest BCUT2D eigenvalue weighted by Gasteiger charge is 2.07. The quantitative estimate of drug-likeness (QED) is 0.724. The molecule has 1 aromatic rings. The van der Waals surface area contributed by atoms with E-state index >= 15 is 0 Å². The monoisotopic (exact) mass is 271 g/mol. The van der Waals surface area contributed by atoms with Crippen molar-refractivity contribution >= 4 is 21.7 Å². The molecule has 7 heteroatoms. The number of carboxylic acids is 1. The number of carboxylic acid groups (broad SMARTS) is 1. The van der Waals surface area contributed by atoms with Crippen LogP contribution in [0.3, 0.4) is 0 Å². The molecular formula is C11H13NO5S. The maximum Gasteiger partial charge on any atom is 0.341 e. The number of ether oxygens (including phenoxy) is 1. The zero-order chi connectivity index (χ0) is 13.6. The molecular weight excluding hydrogens is 258 g/mol. The van der Waals surface area contributed by atoms with Crippen LogP contribution in [0.5, 0.6) is 5.75 Å². The molecule has 6 nitrogen and oxygen atoms in total. The lowest BCUT2D eigenvalue weighted by atomic mass is 10.3. The molecule has 0 aromatic heterocycles. The van der Waals surface area contributed by atoms with Crippen LogP contribution >= 0.6 is 0 Å². The Kier molecular flexibility index (Phi) is 4.73. The topological polar surface area (TPSA) is 92.7 Å². The van der Waals surface area contributed by atoms with Crippen LogP contribution in [0.2, 0.25) is 0 Å². The van der Waals surface area contributed by atoms with Gasteiger partial charge in [0.1, 0.15) is 5.75 Å². The Balaban J connectivity index is 2.65. The number of carbonyl (C=O) groups is 1. The number of sulfonamides is 1. The van der Waals surface area contributed by atoms with E-state index < -0.39 is 22.6 Å². The molecule has 0 saturated heterocycles. The van der Waals surface area contributed by atoms with Crippen molar-refractivity contribution in [3.05, 3.63) is 36.9 Å². The van der Waals surface area contributed by atoms with E-state index in [4.69, 9.17) is 9.84 Å². The third kappa shape index (κ3) is 4.88. The van der Waals surface area contributed by atoms with E-state index in [1.54, 1.807) is 0 Å². The summed E-state index contributed by atoms with van der Waals surface area (Å²) in [5, 5.41) is 8.42. The second-order valence-electron chi connectivity index (χ2n) is 3.38. The van der Waals surface area contributed by atoms with Crippen LogP contribution in [0.4, 0.5) is 5.69 Å². The minimum absolute atomic E-state index is 0.176. The first-order valence-electron chi connectivity index (χ1n) is 4.99. The molecule has 0 fully saturated rings. The lowest BCUT2D eigenvalue weighted by Crippen LogP contribution is -2.15. The van der Waals surface area contributed by atoms with Gasteiger partial charge in [0, 0.05) is 5.69 Å². The molecule has 0 aliphatic heterocycles. The Morgan fingerprint density at radius 1 is 1.39 bits per heavy atom. The zero-order valence-corrected chi connectivity index (χ0v) is 10.3. The summed E-state index contributed by atoms with van der Waals surface area (Å²) in [6.45, 7) is 2.90. The summed E-state index contributed by atoms with van der Waals surface area (Å²) < 4.78 is 30.1. The predicted molar refractivity (Wildman–Crippen MR) is 67.2 cm³/mol. The van der Waals surface area contributed by atoms with E-state index in [1.807, 2.05) is 0 Å². The average Bonchev–Trinajstić information content (AvgIpc) is 2.27. The summed E-state index contributed by atoms with van der Waals surface area (Å²) in [4.78, 5) is 10.3. The van der Waals surface area contributed by atoms with Crippen molar-refractivity contribution in [2.45, 2.75) is 0 Å². The Bertz CT molecular complexity index is 521. The number of anilines is 1. The molecule has 2 N–H and O–H groups in total. The highest BCUT2D eigenvalue weighted by molar-refractivity contribution is 7.92. The number of benzene rings is 1. The Labute approximate surface area is 105 Å². The van der Waals surface area contributed by atoms with Crippen molar-refractivity contribution in [3.63, 3.8) is 0 Å². The summed E-state index contributed by atoms with van der Waals surface area (Å²) in [7, 11) is -3.43. The summed E-state index contributed by atoms with van der Waals surface area (Å²) >= 11 is 0. The van der Waals surface area contributed by atoms with Gasteiger partial charge in [0.2, 0.25) is 10.0 Å². The molecule has 0 heterocycles. The van der Waals surface area contributed by atoms with Gasteiger partial charge in [-0.15, -0.1) is 6.58 Å². The third-order valence-electron chi connectivity index (χ3n) is 1.83. The van der Waals surface area contributed by atoms with Gasteiger partial charge in [-0.2, -0.15) is 0 Å². The molecule has 0 saturated carbocycles. The summed E-state index contributed by atoms with van der Waals surface area (Å²) in [6, 6.07) is 5.93. The van der Waals surface area contributed by atoms with Gasteiger partial charge in [-0.1, -0.05) is 6.08 Å². The van der Waals surface area contributed by atoms with Gasteiger partial charge in [0.15, 0.2) is 6.61 Å². The first kappa shape index (κ1) is 14.0. The number of hydrogen-bond donors (Lipinski definition) is 2. The van der Waals surface area contributed by atoms with Crippen molar-refractivity contribution in [2.24, 2.45) is 0 Å². The summed E-state index contributed by atoms with van der Waals surface area (Å²) in [6.07, 6.45) is 1.28. The second-order valence-corrected chi connectivity index (χ2v) is 5.15. The second kappa shape index (κ2) is 6.06. The van der Waals surface area contributed by atoms with Gasteiger partial charge in [0.05, 0.1) is 5.75 Å². The Morgan fingerprint density at radius 3 is 2.50 bits per heavy atom. The molecule has 0 radical (unpaired) electrons. The van der Waals surface area contributed by atoms with E-state index in [1.165, 1.54) is 30.3 Å². The van der Waals surface area contributed by atoms with E-state index in [2.05, 4.69) is 11.3 Å². The van der Waals surface area contributed by atoms with Crippen molar-refractivity contribution in [3.8, 4) is 5.75 Å². The van der Waals surface area contributed by atoms with Gasteiger partial charge in [-0.05, 0) is 24.3 Å². The van der Waals surface area contributed by atoms with Gasteiger partial charge in [-0.25, -0.2) is 13.2 Å². The fourth-order valence-electron chi connectivity index (χ4n) is 1.14. The van der Waals surface area contributed by atoms with E-state index in [0.29, 0.717) is 11.4 Å². The average molecular weight is 271 g/mol. The predicted octanol–water partition coefficient (Wildman–Crippen LogP) is 1.08. The molecule has 0 bridgehead atoms. The van der Waals surface area contributed by atoms with Crippen LogP contribution in [-0.2, 0) is 14.8 Å². The van der Waals surface area contributed by atoms with Crippen LogP contribution in [-0.4, -0.2) is 31.9 Å². The number of rotatable bonds is 7. The lowest BCUT2D eigenvalue weighted by molar-refractivity contribution is -0.139. The fourth-order valence-corrected chi connectivity index (χ4v) is 2.03. The van der Waals surface area contributed by atoms with Crippen molar-refractivity contribution in [1.29, 1.82) is 0 Å². The maximum atomic E-state index is 11.4. The third-order valence-corrected chi connectivity index (χ3v) is 3.05. The zero-order valence-electron chi connectivity index (χ0n) is 9.50. The largest absolute Gasteiger partial charge is 0.482 e. The minimum Gasteiger partial charge on any atom is -0.482 e. The lowest BCUT2D eigenvalue weighted by Gasteiger charge is -2.07. The van der Waals surface area contributed by atoms with E-state index in [-0.39, 0.29) is 5.75 Å². The fraction of sp³-hybridized carbons (Fsp3) is 0.182. The standard InChI is InChI=1S/C11H13NO5S/c1-2-7-18(15,16)12-9-3-5-10(6-4-9)17-8-11(13)14/h2-6,12H,1,7-8H2,(H,13,14). The van der Waals surface area contributed by atoms with Crippen LogP contribution in [0.1, 0.15) is 0 Å². The molecule has 0 aliphatic carbocycles. The van der Waals surface area contributed by atoms with Crippen LogP contribution < -0.4 is 9.46 Å². The molecule has 18 heavy (non-hydrogen) atoms. The first-order chi connectivity index (χ1) is 8.43. The molecule has 0 aliphatic rings. The van der Waals surface area contributed by atoms with Gasteiger partial charge in [-0.3, -0.25) is 4.72 Å². The molecule has 0 atom stereocenters. The first-order valence-corrected chi connectivity index (χ1v) is 6.64. The smallest absolute Gasteiger partial charge is 0.341 e. The van der Waals surface area contributed by atoms with Gasteiger partial charge >= 0.3 is 5.97 Å². The van der Waals surface area contributed by atoms with Crippen LogP contribution in [0.25, 0.3) is 0 Å². The minimum atomic E-state index is -3.43. The number of nitrogens with one attached hydrogen (secondary N) is 1. The molecule has 1 aromatic carbocycles. The van der Waals surface area contributed by atoms with Gasteiger partial charge in [0.25, 0.3) is 0 Å². The van der Waals surface area contributed by atoms with Crippen molar-refractivity contribution in [2.75, 3.05) is 17.1 Å². The molecule has 0 spiro atoms. The highest BCUT2D eigenvalue weighted by Crippen LogP contribution is 2.16. The number of aliphatic carboxylic acids is 1. The molecule has 98 valence electrons. The van der Waals surface area contributed by atoms with Crippen molar-refractivity contribution < 1.29 is 23.1 Å². The number of hydrogen-bond acceptors (Lipinski definition) is 4. The Morgan fingerprint density at radius 2 is 2.00 bits per heavy atom. The van der Waals surface area contributed by atoms with E-state index in [9.17, 15) is 13.2 Å². The highest BCUT2D eigenvalue weighted by atomic mass is 32.2. The van der Waals surface area contributed by atoms with Crippen LogP contribution in [0, 0.1) is 0 Å². The molecule has 0 amide bonds. The van der Waals surface area contributed by atoms with E-state index in [0.717, 1.165) is 0 Å². The van der Waals surface area contributed by atoms with Crippen molar-refractivity contribution in [1.82, 2.24) is 0 Å². The Hall–Kier alpha value is -2.02. The normalized spacial score (nSPS) is 10.7. The molecule has 1 rings (SSSR count).